The Hall–Kier alpha value is -3.28. The lowest BCUT2D eigenvalue weighted by Crippen LogP contribution is -2.44. The number of benzene rings is 2. The molecule has 2 aromatic carbocycles. The van der Waals surface area contributed by atoms with E-state index in [1.54, 1.807) is 24.3 Å². The van der Waals surface area contributed by atoms with Gasteiger partial charge in [0.1, 0.15) is 5.78 Å². The molecule has 0 unspecified atom stereocenters. The van der Waals surface area contributed by atoms with Crippen LogP contribution in [-0.4, -0.2) is 23.5 Å². The van der Waals surface area contributed by atoms with Crippen LogP contribution in [0, 0.1) is 11.8 Å². The first-order chi connectivity index (χ1) is 13.5. The Balaban J connectivity index is 1.54. The lowest BCUT2D eigenvalue weighted by Gasteiger charge is -2.43. The fourth-order valence-electron chi connectivity index (χ4n) is 5.11. The zero-order valence-electron chi connectivity index (χ0n) is 15.2. The van der Waals surface area contributed by atoms with Crippen LogP contribution in [0.15, 0.2) is 48.5 Å². The molecule has 4 aliphatic rings. The van der Waals surface area contributed by atoms with E-state index in [1.807, 2.05) is 24.3 Å². The van der Waals surface area contributed by atoms with Crippen LogP contribution in [-0.2, 0) is 19.2 Å². The monoisotopic (exact) mass is 374 g/mol. The number of nitrogens with zero attached hydrogens (tertiary/aromatic N) is 1. The van der Waals surface area contributed by atoms with Crippen LogP contribution in [0.4, 0.5) is 11.4 Å². The molecular weight excluding hydrogens is 356 g/mol. The third kappa shape index (κ3) is 2.21. The van der Waals surface area contributed by atoms with Crippen LogP contribution in [0.25, 0.3) is 0 Å². The molecule has 3 amide bonds. The van der Waals surface area contributed by atoms with E-state index >= 15 is 0 Å². The molecule has 2 aromatic rings. The van der Waals surface area contributed by atoms with Gasteiger partial charge in [-0.2, -0.15) is 0 Å². The van der Waals surface area contributed by atoms with Crippen LogP contribution < -0.4 is 10.2 Å². The van der Waals surface area contributed by atoms with E-state index in [4.69, 9.17) is 0 Å². The van der Waals surface area contributed by atoms with Gasteiger partial charge in [0.15, 0.2) is 0 Å². The van der Waals surface area contributed by atoms with Crippen molar-refractivity contribution >= 4 is 34.9 Å². The number of hydrogen-bond donors (Lipinski definition) is 1. The number of nitrogens with one attached hydrogen (secondary N) is 1. The molecule has 2 fully saturated rings. The molecule has 2 bridgehead atoms. The topological polar surface area (TPSA) is 83.6 Å². The number of hydrogen-bond acceptors (Lipinski definition) is 4. The molecule has 6 heteroatoms. The molecule has 4 atom stereocenters. The first-order valence-corrected chi connectivity index (χ1v) is 9.34. The highest BCUT2D eigenvalue weighted by atomic mass is 16.2. The minimum Gasteiger partial charge on any atom is -0.326 e. The molecule has 3 aliphatic carbocycles. The molecule has 28 heavy (non-hydrogen) atoms. The van der Waals surface area contributed by atoms with Gasteiger partial charge >= 0.3 is 0 Å². The zero-order chi connectivity index (χ0) is 19.6. The highest BCUT2D eigenvalue weighted by molar-refractivity contribution is 6.24. The molecule has 1 heterocycles. The lowest BCUT2D eigenvalue weighted by atomic mass is 9.56. The van der Waals surface area contributed by atoms with Gasteiger partial charge in [0.2, 0.25) is 17.7 Å². The summed E-state index contributed by atoms with van der Waals surface area (Å²) in [6.45, 7) is 1.41. The smallest absolute Gasteiger partial charge is 0.238 e. The minimum atomic E-state index is -0.622. The number of Topliss-reactive ketones (excluding diaryl/α,β-unsaturated/α-hetero) is 1. The normalized spacial score (nSPS) is 27.6. The number of imide groups is 1. The molecule has 1 saturated carbocycles. The summed E-state index contributed by atoms with van der Waals surface area (Å²) in [4.78, 5) is 51.6. The molecule has 0 aromatic heterocycles. The van der Waals surface area contributed by atoms with Crippen molar-refractivity contribution < 1.29 is 19.2 Å². The Morgan fingerprint density at radius 3 is 2.25 bits per heavy atom. The second kappa shape index (κ2) is 5.86. The largest absolute Gasteiger partial charge is 0.326 e. The van der Waals surface area contributed by atoms with Gasteiger partial charge in [0.05, 0.1) is 23.4 Å². The Labute approximate surface area is 161 Å². The minimum absolute atomic E-state index is 0.0500. The van der Waals surface area contributed by atoms with Crippen molar-refractivity contribution in [3.63, 3.8) is 0 Å². The average Bonchev–Trinajstić information content (AvgIpc) is 2.94. The molecule has 1 saturated heterocycles. The summed E-state index contributed by atoms with van der Waals surface area (Å²) < 4.78 is 0. The van der Waals surface area contributed by atoms with E-state index in [0.717, 1.165) is 11.1 Å². The van der Waals surface area contributed by atoms with Gasteiger partial charge in [-0.15, -0.1) is 0 Å². The standard InChI is InChI=1S/C22H18N2O4/c1-11(25)23-12-6-8-13(9-7-12)24-21(27)19-16-10-17(26)18(20(19)22(24)28)15-5-3-2-4-14(15)16/h2-9,16,18-20H,10H2,1H3,(H,23,25)/t16-,18+,19+,20-/m1/s1. The van der Waals surface area contributed by atoms with Crippen LogP contribution in [0.2, 0.25) is 0 Å². The van der Waals surface area contributed by atoms with E-state index in [9.17, 15) is 19.2 Å². The maximum absolute atomic E-state index is 13.2. The summed E-state index contributed by atoms with van der Waals surface area (Å²) >= 11 is 0. The maximum atomic E-state index is 13.2. The van der Waals surface area contributed by atoms with Crippen LogP contribution in [0.1, 0.15) is 36.3 Å². The van der Waals surface area contributed by atoms with E-state index < -0.39 is 17.8 Å². The van der Waals surface area contributed by atoms with Crippen LogP contribution in [0.5, 0.6) is 0 Å². The summed E-state index contributed by atoms with van der Waals surface area (Å²) in [5, 5.41) is 2.66. The molecule has 6 rings (SSSR count). The van der Waals surface area contributed by atoms with Crippen molar-refractivity contribution in [3.05, 3.63) is 59.7 Å². The third-order valence-corrected chi connectivity index (χ3v) is 6.13. The van der Waals surface area contributed by atoms with Gasteiger partial charge in [-0.3, -0.25) is 24.1 Å². The van der Waals surface area contributed by atoms with Gasteiger partial charge in [-0.05, 0) is 35.4 Å². The van der Waals surface area contributed by atoms with E-state index in [0.29, 0.717) is 17.8 Å². The van der Waals surface area contributed by atoms with Gasteiger partial charge in [0, 0.05) is 24.9 Å². The molecule has 1 aliphatic heterocycles. The van der Waals surface area contributed by atoms with Crippen LogP contribution in [0.3, 0.4) is 0 Å². The van der Waals surface area contributed by atoms with Crippen molar-refractivity contribution in [2.75, 3.05) is 10.2 Å². The quantitative estimate of drug-likeness (QED) is 0.819. The van der Waals surface area contributed by atoms with E-state index in [-0.39, 0.29) is 29.4 Å². The average molecular weight is 374 g/mol. The summed E-state index contributed by atoms with van der Waals surface area (Å²) in [6, 6.07) is 14.3. The van der Waals surface area contributed by atoms with Crippen LogP contribution >= 0.6 is 0 Å². The number of carbonyl (C=O) groups excluding carboxylic acids is 4. The number of carbonyl (C=O) groups is 4. The summed E-state index contributed by atoms with van der Waals surface area (Å²) in [6.07, 6.45) is 0.317. The molecule has 0 radical (unpaired) electrons. The van der Waals surface area contributed by atoms with Gasteiger partial charge < -0.3 is 5.32 Å². The predicted octanol–water partition coefficient (Wildman–Crippen LogP) is 2.60. The number of rotatable bonds is 2. The molecular formula is C22H18N2O4. The highest BCUT2D eigenvalue weighted by Gasteiger charge is 2.62. The van der Waals surface area contributed by atoms with Crippen molar-refractivity contribution in [1.29, 1.82) is 0 Å². The maximum Gasteiger partial charge on any atom is 0.238 e. The number of amides is 3. The van der Waals surface area contributed by atoms with Crippen molar-refractivity contribution in [3.8, 4) is 0 Å². The zero-order valence-corrected chi connectivity index (χ0v) is 15.2. The Morgan fingerprint density at radius 1 is 0.929 bits per heavy atom. The van der Waals surface area contributed by atoms with Gasteiger partial charge in [0.25, 0.3) is 0 Å². The first kappa shape index (κ1) is 16.9. The fraction of sp³-hybridized carbons (Fsp3) is 0.273. The van der Waals surface area contributed by atoms with Gasteiger partial charge in [-0.1, -0.05) is 24.3 Å². The van der Waals surface area contributed by atoms with Crippen molar-refractivity contribution in [1.82, 2.24) is 0 Å². The Bertz CT molecular complexity index is 1040. The molecule has 6 nitrogen and oxygen atoms in total. The number of fused-ring (bicyclic) bond motifs is 1. The first-order valence-electron chi connectivity index (χ1n) is 9.34. The molecule has 1 N–H and O–H groups in total. The predicted molar refractivity (Wildman–Crippen MR) is 102 cm³/mol. The number of ketones is 1. The summed E-state index contributed by atoms with van der Waals surface area (Å²) in [5.41, 5.74) is 2.98. The lowest BCUT2D eigenvalue weighted by molar-refractivity contribution is -0.134. The van der Waals surface area contributed by atoms with E-state index in [2.05, 4.69) is 5.32 Å². The summed E-state index contributed by atoms with van der Waals surface area (Å²) in [7, 11) is 0. The SMILES string of the molecule is CC(=O)Nc1ccc(N2C(=O)[C@@H]3[C@H](C2=O)[C@@H]2C(=O)C[C@@H]3c3ccccc32)cc1. The second-order valence-corrected chi connectivity index (χ2v) is 7.68. The Morgan fingerprint density at radius 2 is 1.57 bits per heavy atom. The summed E-state index contributed by atoms with van der Waals surface area (Å²) in [5.74, 6) is -2.57. The third-order valence-electron chi connectivity index (χ3n) is 6.13. The van der Waals surface area contributed by atoms with Crippen molar-refractivity contribution in [2.45, 2.75) is 25.2 Å². The fourth-order valence-corrected chi connectivity index (χ4v) is 5.11. The Kier molecular flexibility index (Phi) is 3.53. The molecule has 0 spiro atoms. The second-order valence-electron chi connectivity index (χ2n) is 7.68. The van der Waals surface area contributed by atoms with E-state index in [1.165, 1.54) is 11.8 Å². The highest BCUT2D eigenvalue weighted by Crippen LogP contribution is 2.57. The van der Waals surface area contributed by atoms with Crippen molar-refractivity contribution in [2.24, 2.45) is 11.8 Å². The van der Waals surface area contributed by atoms with Gasteiger partial charge in [-0.25, -0.2) is 0 Å². The number of anilines is 2. The molecule has 140 valence electrons.